The normalized spacial score (nSPS) is 17.2. The number of carbonyl (C=O) groups is 2. The van der Waals surface area contributed by atoms with Gasteiger partial charge in [-0.15, -0.1) is 0 Å². The van der Waals surface area contributed by atoms with E-state index in [9.17, 15) is 9.59 Å². The average molecular weight is 171 g/mol. The zero-order chi connectivity index (χ0) is 9.35. The molecule has 1 aliphatic rings. The molecule has 4 heteroatoms. The van der Waals surface area contributed by atoms with Gasteiger partial charge in [-0.3, -0.25) is 4.79 Å². The van der Waals surface area contributed by atoms with Crippen LogP contribution < -0.4 is 0 Å². The van der Waals surface area contributed by atoms with E-state index in [1.165, 1.54) is 0 Å². The summed E-state index contributed by atoms with van der Waals surface area (Å²) in [6, 6.07) is 0. The van der Waals surface area contributed by atoms with Gasteiger partial charge < -0.3 is 4.74 Å². The Morgan fingerprint density at radius 3 is 2.33 bits per heavy atom. The minimum atomic E-state index is -0.529. The molecule has 0 saturated carbocycles. The summed E-state index contributed by atoms with van der Waals surface area (Å²) >= 11 is 0. The minimum Gasteiger partial charge on any atom is -0.443 e. The lowest BCUT2D eigenvalue weighted by Gasteiger charge is -2.30. The van der Waals surface area contributed by atoms with Gasteiger partial charge in [0.05, 0.1) is 0 Å². The van der Waals surface area contributed by atoms with Gasteiger partial charge in [0, 0.05) is 13.0 Å². The van der Waals surface area contributed by atoms with Crippen molar-refractivity contribution in [1.82, 2.24) is 4.90 Å². The third-order valence-corrected chi connectivity index (χ3v) is 1.46. The summed E-state index contributed by atoms with van der Waals surface area (Å²) in [5.74, 6) is -0.149. The molecule has 12 heavy (non-hydrogen) atoms. The van der Waals surface area contributed by atoms with E-state index >= 15 is 0 Å². The van der Waals surface area contributed by atoms with E-state index in [-0.39, 0.29) is 5.91 Å². The third-order valence-electron chi connectivity index (χ3n) is 1.46. The number of nitrogens with zero attached hydrogens (tertiary/aromatic N) is 1. The van der Waals surface area contributed by atoms with Crippen molar-refractivity contribution in [2.24, 2.45) is 0 Å². The van der Waals surface area contributed by atoms with Gasteiger partial charge in [0.1, 0.15) is 5.60 Å². The molecule has 1 heterocycles. The molecule has 0 radical (unpaired) electrons. The first kappa shape index (κ1) is 9.03. The van der Waals surface area contributed by atoms with E-state index in [0.29, 0.717) is 13.0 Å². The van der Waals surface area contributed by atoms with E-state index < -0.39 is 11.7 Å². The summed E-state index contributed by atoms with van der Waals surface area (Å²) < 4.78 is 4.98. The van der Waals surface area contributed by atoms with E-state index in [4.69, 9.17) is 4.74 Å². The maximum atomic E-state index is 11.1. The molecule has 0 aromatic rings. The van der Waals surface area contributed by atoms with Crippen LogP contribution in [-0.4, -0.2) is 29.0 Å². The first-order valence-corrected chi connectivity index (χ1v) is 3.93. The van der Waals surface area contributed by atoms with Gasteiger partial charge in [-0.25, -0.2) is 9.69 Å². The van der Waals surface area contributed by atoms with Gasteiger partial charge in [0.2, 0.25) is 5.91 Å². The van der Waals surface area contributed by atoms with Gasteiger partial charge in [-0.2, -0.15) is 0 Å². The van der Waals surface area contributed by atoms with E-state index in [1.54, 1.807) is 20.8 Å². The molecule has 0 unspecified atom stereocenters. The molecule has 1 saturated heterocycles. The van der Waals surface area contributed by atoms with Crippen molar-refractivity contribution in [1.29, 1.82) is 0 Å². The second kappa shape index (κ2) is 2.77. The number of likely N-dealkylation sites (tertiary alicyclic amines) is 1. The molecule has 4 nitrogen and oxygen atoms in total. The molecular weight excluding hydrogens is 158 g/mol. The molecule has 2 amide bonds. The number of hydrogen-bond acceptors (Lipinski definition) is 3. The highest BCUT2D eigenvalue weighted by molar-refractivity contribution is 5.96. The summed E-state index contributed by atoms with van der Waals surface area (Å²) in [5.41, 5.74) is -0.521. The van der Waals surface area contributed by atoms with Crippen molar-refractivity contribution >= 4 is 12.0 Å². The first-order chi connectivity index (χ1) is 5.40. The van der Waals surface area contributed by atoms with Crippen molar-refractivity contribution in [3.8, 4) is 0 Å². The van der Waals surface area contributed by atoms with E-state index in [1.807, 2.05) is 0 Å². The molecule has 0 N–H and O–H groups in total. The Balaban J connectivity index is 2.44. The summed E-state index contributed by atoms with van der Waals surface area (Å²) in [6.45, 7) is 5.81. The number of carbonyl (C=O) groups excluding carboxylic acids is 2. The average Bonchev–Trinajstić information content (AvgIpc) is 1.79. The Labute approximate surface area is 71.5 Å². The molecule has 0 spiro atoms. The SMILES string of the molecule is CC(C)(C)OC(=O)N1CCC1=O. The van der Waals surface area contributed by atoms with E-state index in [0.717, 1.165) is 4.90 Å². The summed E-state index contributed by atoms with van der Waals surface area (Å²) in [6.07, 6.45) is -0.0714. The highest BCUT2D eigenvalue weighted by Gasteiger charge is 2.33. The lowest BCUT2D eigenvalue weighted by atomic mass is 10.2. The highest BCUT2D eigenvalue weighted by atomic mass is 16.6. The lowest BCUT2D eigenvalue weighted by molar-refractivity contribution is -0.138. The third kappa shape index (κ3) is 1.96. The summed E-state index contributed by atoms with van der Waals surface area (Å²) in [7, 11) is 0. The predicted molar refractivity (Wildman–Crippen MR) is 42.6 cm³/mol. The maximum absolute atomic E-state index is 11.1. The van der Waals surface area contributed by atoms with Crippen molar-refractivity contribution in [2.45, 2.75) is 32.8 Å². The van der Waals surface area contributed by atoms with Gasteiger partial charge in [0.25, 0.3) is 0 Å². The van der Waals surface area contributed by atoms with Crippen LogP contribution >= 0.6 is 0 Å². The largest absolute Gasteiger partial charge is 0.443 e. The fourth-order valence-corrected chi connectivity index (χ4v) is 0.825. The smallest absolute Gasteiger partial charge is 0.417 e. The molecular formula is C8H13NO3. The number of amides is 2. The zero-order valence-electron chi connectivity index (χ0n) is 7.59. The second-order valence-electron chi connectivity index (χ2n) is 3.78. The standard InChI is InChI=1S/C8H13NO3/c1-8(2,3)12-7(11)9-5-4-6(9)10/h4-5H2,1-3H3. The van der Waals surface area contributed by atoms with Crippen molar-refractivity contribution in [3.05, 3.63) is 0 Å². The van der Waals surface area contributed by atoms with Crippen LogP contribution in [0.1, 0.15) is 27.2 Å². The number of ether oxygens (including phenoxy) is 1. The second-order valence-corrected chi connectivity index (χ2v) is 3.78. The molecule has 1 aliphatic heterocycles. The number of imide groups is 1. The van der Waals surface area contributed by atoms with Crippen molar-refractivity contribution in [3.63, 3.8) is 0 Å². The van der Waals surface area contributed by atoms with Crippen LogP contribution in [0, 0.1) is 0 Å². The fourth-order valence-electron chi connectivity index (χ4n) is 0.825. The van der Waals surface area contributed by atoms with Gasteiger partial charge in [-0.05, 0) is 20.8 Å². The van der Waals surface area contributed by atoms with Crippen LogP contribution in [0.2, 0.25) is 0 Å². The lowest BCUT2D eigenvalue weighted by Crippen LogP contribution is -2.49. The maximum Gasteiger partial charge on any atom is 0.417 e. The van der Waals surface area contributed by atoms with Crippen LogP contribution in [0.5, 0.6) is 0 Å². The molecule has 1 fully saturated rings. The van der Waals surface area contributed by atoms with Crippen molar-refractivity contribution < 1.29 is 14.3 Å². The zero-order valence-corrected chi connectivity index (χ0v) is 7.59. The van der Waals surface area contributed by atoms with Gasteiger partial charge in [0.15, 0.2) is 0 Å². The van der Waals surface area contributed by atoms with Crippen LogP contribution in [0.3, 0.4) is 0 Å². The molecule has 0 atom stereocenters. The first-order valence-electron chi connectivity index (χ1n) is 3.93. The van der Waals surface area contributed by atoms with Crippen molar-refractivity contribution in [2.75, 3.05) is 6.54 Å². The topological polar surface area (TPSA) is 46.6 Å². The molecule has 1 rings (SSSR count). The monoisotopic (exact) mass is 171 g/mol. The van der Waals surface area contributed by atoms with Crippen LogP contribution in [0.15, 0.2) is 0 Å². The fraction of sp³-hybridized carbons (Fsp3) is 0.750. The minimum absolute atomic E-state index is 0.149. The Bertz CT molecular complexity index is 217. The predicted octanol–water partition coefficient (Wildman–Crippen LogP) is 1.15. The Morgan fingerprint density at radius 2 is 2.08 bits per heavy atom. The van der Waals surface area contributed by atoms with Gasteiger partial charge in [-0.1, -0.05) is 0 Å². The Hall–Kier alpha value is -1.06. The Kier molecular flexibility index (Phi) is 2.08. The highest BCUT2D eigenvalue weighted by Crippen LogP contribution is 2.15. The molecule has 0 aliphatic carbocycles. The van der Waals surface area contributed by atoms with Crippen LogP contribution in [0.4, 0.5) is 4.79 Å². The molecule has 0 aromatic heterocycles. The van der Waals surface area contributed by atoms with E-state index in [2.05, 4.69) is 0 Å². The number of β-lactam (4-membered cyclic amide) rings is 1. The Morgan fingerprint density at radius 1 is 1.50 bits per heavy atom. The van der Waals surface area contributed by atoms with Gasteiger partial charge >= 0.3 is 6.09 Å². The molecule has 0 aromatic carbocycles. The summed E-state index contributed by atoms with van der Waals surface area (Å²) in [5, 5.41) is 0. The molecule has 68 valence electrons. The summed E-state index contributed by atoms with van der Waals surface area (Å²) in [4.78, 5) is 23.0. The number of hydrogen-bond donors (Lipinski definition) is 0. The molecule has 0 bridgehead atoms. The van der Waals surface area contributed by atoms with Crippen LogP contribution in [-0.2, 0) is 9.53 Å². The quantitative estimate of drug-likeness (QED) is 0.514. The van der Waals surface area contributed by atoms with Crippen LogP contribution in [0.25, 0.3) is 0 Å². The number of rotatable bonds is 0.